The van der Waals surface area contributed by atoms with Crippen molar-refractivity contribution in [1.29, 1.82) is 0 Å². The van der Waals surface area contributed by atoms with E-state index in [0.29, 0.717) is 51.6 Å². The van der Waals surface area contributed by atoms with Crippen molar-refractivity contribution in [3.05, 3.63) is 48.0 Å². The molecule has 0 aliphatic carbocycles. The van der Waals surface area contributed by atoms with Crippen molar-refractivity contribution in [1.82, 2.24) is 20.9 Å². The molecule has 10 heteroatoms. The van der Waals surface area contributed by atoms with Gasteiger partial charge in [0.15, 0.2) is 0 Å². The number of benzene rings is 1. The first-order valence-electron chi connectivity index (χ1n) is 16.0. The van der Waals surface area contributed by atoms with Gasteiger partial charge in [0.1, 0.15) is 17.7 Å². The highest BCUT2D eigenvalue weighted by molar-refractivity contribution is 5.93. The van der Waals surface area contributed by atoms with Crippen LogP contribution in [-0.2, 0) is 25.5 Å². The molecule has 0 bridgehead atoms. The smallest absolute Gasteiger partial charge is 0.408 e. The van der Waals surface area contributed by atoms with Gasteiger partial charge in [0, 0.05) is 12.6 Å². The molecule has 5 N–H and O–H groups in total. The van der Waals surface area contributed by atoms with Crippen molar-refractivity contribution in [2.24, 2.45) is 17.6 Å². The van der Waals surface area contributed by atoms with Crippen LogP contribution in [0.4, 0.5) is 4.79 Å². The molecule has 1 heterocycles. The molecule has 1 saturated heterocycles. The van der Waals surface area contributed by atoms with Gasteiger partial charge in [-0.1, -0.05) is 56.3 Å². The largest absolute Gasteiger partial charge is 0.444 e. The van der Waals surface area contributed by atoms with Gasteiger partial charge in [0.25, 0.3) is 0 Å². The molecular formula is C34H55N5O5. The van der Waals surface area contributed by atoms with Crippen LogP contribution in [0.25, 0.3) is 0 Å². The van der Waals surface area contributed by atoms with Crippen LogP contribution in [0.5, 0.6) is 0 Å². The number of amides is 4. The average molecular weight is 614 g/mol. The molecule has 0 aromatic heterocycles. The first-order chi connectivity index (χ1) is 20.7. The highest BCUT2D eigenvalue weighted by Gasteiger charge is 2.38. The Morgan fingerprint density at radius 2 is 1.70 bits per heavy atom. The van der Waals surface area contributed by atoms with Crippen molar-refractivity contribution in [3.63, 3.8) is 0 Å². The van der Waals surface area contributed by atoms with E-state index in [2.05, 4.69) is 29.8 Å². The molecule has 1 aromatic carbocycles. The van der Waals surface area contributed by atoms with Gasteiger partial charge >= 0.3 is 6.09 Å². The number of ether oxygens (including phenoxy) is 1. The highest BCUT2D eigenvalue weighted by Crippen LogP contribution is 2.24. The number of nitrogens with zero attached hydrogens (tertiary/aromatic N) is 1. The number of hydrogen-bond donors (Lipinski definition) is 4. The minimum Gasteiger partial charge on any atom is -0.444 e. The zero-order valence-corrected chi connectivity index (χ0v) is 27.7. The fraction of sp³-hybridized carbons (Fsp3) is 0.647. The number of alkyl carbamates (subject to hydrolysis) is 1. The molecule has 44 heavy (non-hydrogen) atoms. The number of rotatable bonds is 15. The SMILES string of the molecule is CC(C)C[C@@H](/C=C/C(Cc1ccccc1)C(=O)N1CCC[C@H]1C(=O)N[C@@H](CCCN)C(=O)NC(C)C)NC(=O)OC(C)(C)C. The standard InChI is InChI=1S/C34H55N5O5/c1-23(2)21-27(37-33(43)44-34(5,6)7)18-17-26(22-25-13-9-8-10-14-25)32(42)39-20-12-16-29(39)31(41)38-28(15-11-19-35)30(40)36-24(3)4/h8-10,13-14,17-18,23-24,26-29H,11-12,15-16,19-22,35H2,1-7H3,(H,36,40)(H,37,43)(H,38,41)/b18-17+/t26?,27-,28+,29+/m1/s1. The Morgan fingerprint density at radius 1 is 1.02 bits per heavy atom. The van der Waals surface area contributed by atoms with Gasteiger partial charge in [0.05, 0.1) is 12.0 Å². The third kappa shape index (κ3) is 13.1. The van der Waals surface area contributed by atoms with E-state index in [1.54, 1.807) is 4.90 Å². The quantitative estimate of drug-likeness (QED) is 0.220. The lowest BCUT2D eigenvalue weighted by molar-refractivity contribution is -0.141. The van der Waals surface area contributed by atoms with Crippen molar-refractivity contribution in [2.75, 3.05) is 13.1 Å². The van der Waals surface area contributed by atoms with Gasteiger partial charge in [-0.25, -0.2) is 4.79 Å². The third-order valence-electron chi connectivity index (χ3n) is 7.22. The van der Waals surface area contributed by atoms with E-state index < -0.39 is 29.7 Å². The zero-order chi connectivity index (χ0) is 32.9. The summed E-state index contributed by atoms with van der Waals surface area (Å²) in [7, 11) is 0. The van der Waals surface area contributed by atoms with E-state index >= 15 is 0 Å². The Labute approximate surface area is 263 Å². The van der Waals surface area contributed by atoms with Crippen LogP contribution < -0.4 is 21.7 Å². The van der Waals surface area contributed by atoms with Crippen LogP contribution in [0.15, 0.2) is 42.5 Å². The molecule has 4 amide bonds. The molecular weight excluding hydrogens is 558 g/mol. The number of nitrogens with two attached hydrogens (primary N) is 1. The van der Waals surface area contributed by atoms with Crippen molar-refractivity contribution < 1.29 is 23.9 Å². The number of nitrogens with one attached hydrogen (secondary N) is 3. The fourth-order valence-electron chi connectivity index (χ4n) is 5.29. The Hall–Kier alpha value is -3.40. The Bertz CT molecular complexity index is 1100. The Morgan fingerprint density at radius 3 is 2.30 bits per heavy atom. The number of hydrogen-bond acceptors (Lipinski definition) is 6. The van der Waals surface area contributed by atoms with Gasteiger partial charge in [-0.15, -0.1) is 0 Å². The summed E-state index contributed by atoms with van der Waals surface area (Å²) in [4.78, 5) is 54.7. The predicted octanol–water partition coefficient (Wildman–Crippen LogP) is 4.08. The highest BCUT2D eigenvalue weighted by atomic mass is 16.6. The van der Waals surface area contributed by atoms with E-state index in [9.17, 15) is 19.2 Å². The number of likely N-dealkylation sites (tertiary alicyclic amines) is 1. The fourth-order valence-corrected chi connectivity index (χ4v) is 5.29. The molecule has 0 radical (unpaired) electrons. The van der Waals surface area contributed by atoms with Crippen LogP contribution in [0.2, 0.25) is 0 Å². The van der Waals surface area contributed by atoms with Crippen LogP contribution in [0, 0.1) is 11.8 Å². The van der Waals surface area contributed by atoms with Gasteiger partial charge in [-0.2, -0.15) is 0 Å². The predicted molar refractivity (Wildman–Crippen MR) is 174 cm³/mol. The second-order valence-electron chi connectivity index (χ2n) is 13.4. The van der Waals surface area contributed by atoms with Crippen LogP contribution in [-0.4, -0.2) is 71.6 Å². The summed E-state index contributed by atoms with van der Waals surface area (Å²) in [6, 6.07) is 7.94. The normalized spacial score (nSPS) is 17.4. The maximum Gasteiger partial charge on any atom is 0.408 e. The summed E-state index contributed by atoms with van der Waals surface area (Å²) in [5.74, 6) is -1.01. The average Bonchev–Trinajstić information content (AvgIpc) is 3.41. The monoisotopic (exact) mass is 613 g/mol. The third-order valence-corrected chi connectivity index (χ3v) is 7.22. The zero-order valence-electron chi connectivity index (χ0n) is 27.7. The van der Waals surface area contributed by atoms with Crippen molar-refractivity contribution in [3.8, 4) is 0 Å². The summed E-state index contributed by atoms with van der Waals surface area (Å²) in [5.41, 5.74) is 6.04. The minimum atomic E-state index is -0.721. The summed E-state index contributed by atoms with van der Waals surface area (Å²) in [5, 5.41) is 8.71. The maximum atomic E-state index is 14.1. The Balaban J connectivity index is 2.30. The number of carbonyl (C=O) groups excluding carboxylic acids is 4. The van der Waals surface area contributed by atoms with E-state index in [1.165, 1.54) is 0 Å². The van der Waals surface area contributed by atoms with E-state index in [1.807, 2.05) is 77.1 Å². The van der Waals surface area contributed by atoms with Gasteiger partial charge in [0.2, 0.25) is 17.7 Å². The number of carbonyl (C=O) groups is 4. The second-order valence-corrected chi connectivity index (χ2v) is 13.4. The molecule has 10 nitrogen and oxygen atoms in total. The molecule has 1 fully saturated rings. The van der Waals surface area contributed by atoms with E-state index in [4.69, 9.17) is 10.5 Å². The molecule has 0 spiro atoms. The first kappa shape index (κ1) is 36.8. The molecule has 1 aromatic rings. The van der Waals surface area contributed by atoms with Crippen LogP contribution in [0.1, 0.15) is 86.1 Å². The lowest BCUT2D eigenvalue weighted by atomic mass is 9.95. The summed E-state index contributed by atoms with van der Waals surface area (Å²) in [6.45, 7) is 14.2. The second kappa shape index (κ2) is 17.8. The topological polar surface area (TPSA) is 143 Å². The Kier molecular flexibility index (Phi) is 14.9. The molecule has 1 aliphatic rings. The maximum absolute atomic E-state index is 14.1. The molecule has 2 rings (SSSR count). The molecule has 1 unspecified atom stereocenters. The van der Waals surface area contributed by atoms with E-state index in [-0.39, 0.29) is 35.7 Å². The lowest BCUT2D eigenvalue weighted by Crippen LogP contribution is -2.54. The van der Waals surface area contributed by atoms with Crippen LogP contribution in [0.3, 0.4) is 0 Å². The van der Waals surface area contributed by atoms with Crippen molar-refractivity contribution >= 4 is 23.8 Å². The van der Waals surface area contributed by atoms with Gasteiger partial charge < -0.3 is 31.3 Å². The van der Waals surface area contributed by atoms with E-state index in [0.717, 1.165) is 5.56 Å². The molecule has 1 aliphatic heterocycles. The molecule has 246 valence electrons. The molecule has 4 atom stereocenters. The van der Waals surface area contributed by atoms with Gasteiger partial charge in [-0.05, 0) is 91.2 Å². The first-order valence-corrected chi connectivity index (χ1v) is 16.0. The van der Waals surface area contributed by atoms with Gasteiger partial charge in [-0.3, -0.25) is 14.4 Å². The summed E-state index contributed by atoms with van der Waals surface area (Å²) < 4.78 is 5.48. The summed E-state index contributed by atoms with van der Waals surface area (Å²) >= 11 is 0. The van der Waals surface area contributed by atoms with Crippen LogP contribution >= 0.6 is 0 Å². The summed E-state index contributed by atoms with van der Waals surface area (Å²) in [6.07, 6.45) is 6.54. The lowest BCUT2D eigenvalue weighted by Gasteiger charge is -2.29. The molecule has 0 saturated carbocycles. The minimum absolute atomic E-state index is 0.0702. The van der Waals surface area contributed by atoms with Crippen molar-refractivity contribution in [2.45, 2.75) is 117 Å².